The number of ether oxygens (including phenoxy) is 1. The number of benzene rings is 2. The summed E-state index contributed by atoms with van der Waals surface area (Å²) in [4.78, 5) is 12.7. The number of carbonyl (C=O) groups is 1. The van der Waals surface area contributed by atoms with E-state index in [1.54, 1.807) is 18.2 Å². The van der Waals surface area contributed by atoms with Gasteiger partial charge in [-0.25, -0.2) is 8.42 Å². The molecule has 0 heterocycles. The van der Waals surface area contributed by atoms with Crippen LogP contribution in [0.3, 0.4) is 0 Å². The van der Waals surface area contributed by atoms with E-state index in [0.717, 1.165) is 10.6 Å². The fourth-order valence-electron chi connectivity index (χ4n) is 2.44. The maximum Gasteiger partial charge on any atom is 0.248 e. The highest BCUT2D eigenvalue weighted by molar-refractivity contribution is 7.92. The third-order valence-corrected chi connectivity index (χ3v) is 6.04. The van der Waals surface area contributed by atoms with Gasteiger partial charge < -0.3 is 10.1 Å². The number of halogens is 3. The van der Waals surface area contributed by atoms with E-state index < -0.39 is 22.0 Å². The summed E-state index contributed by atoms with van der Waals surface area (Å²) < 4.78 is 30.7. The Morgan fingerprint density at radius 1 is 1.15 bits per heavy atom. The quantitative estimate of drug-likeness (QED) is 0.704. The van der Waals surface area contributed by atoms with Crippen molar-refractivity contribution < 1.29 is 17.9 Å². The molecule has 1 atom stereocenters. The number of amides is 1. The zero-order valence-electron chi connectivity index (χ0n) is 14.7. The number of carbonyl (C=O) groups excluding carboxylic acids is 1. The van der Waals surface area contributed by atoms with Crippen LogP contribution in [0, 0.1) is 0 Å². The Morgan fingerprint density at radius 3 is 2.37 bits per heavy atom. The summed E-state index contributed by atoms with van der Waals surface area (Å²) in [6.45, 7) is 1.45. The molecule has 0 aliphatic rings. The van der Waals surface area contributed by atoms with Crippen LogP contribution in [-0.2, 0) is 14.8 Å². The van der Waals surface area contributed by atoms with Crippen LogP contribution in [0.15, 0.2) is 36.4 Å². The van der Waals surface area contributed by atoms with E-state index in [9.17, 15) is 13.2 Å². The van der Waals surface area contributed by atoms with Gasteiger partial charge in [0.1, 0.15) is 11.8 Å². The van der Waals surface area contributed by atoms with Gasteiger partial charge in [-0.05, 0) is 37.3 Å². The predicted octanol–water partition coefficient (Wildman–Crippen LogP) is 4.45. The molecule has 0 bridgehead atoms. The number of anilines is 2. The van der Waals surface area contributed by atoms with Gasteiger partial charge in [0.25, 0.3) is 0 Å². The molecule has 0 fully saturated rings. The third kappa shape index (κ3) is 4.99. The SMILES string of the molecule is COc1ccc(N(C(C)C(=O)Nc2cccc(Cl)c2Cl)S(C)(=O)=O)cc1Cl. The Balaban J connectivity index is 2.38. The molecule has 1 N–H and O–H groups in total. The molecule has 0 saturated carbocycles. The molecule has 0 radical (unpaired) electrons. The zero-order chi connectivity index (χ0) is 20.4. The van der Waals surface area contributed by atoms with Crippen molar-refractivity contribution >= 4 is 62.1 Å². The second-order valence-corrected chi connectivity index (χ2v) is 8.70. The van der Waals surface area contributed by atoms with E-state index in [-0.39, 0.29) is 26.4 Å². The monoisotopic (exact) mass is 450 g/mol. The number of hydrogen-bond acceptors (Lipinski definition) is 4. The zero-order valence-corrected chi connectivity index (χ0v) is 17.7. The average molecular weight is 452 g/mol. The van der Waals surface area contributed by atoms with Crippen LogP contribution < -0.4 is 14.4 Å². The summed E-state index contributed by atoms with van der Waals surface area (Å²) in [6.07, 6.45) is 1.00. The van der Waals surface area contributed by atoms with E-state index in [4.69, 9.17) is 39.5 Å². The molecule has 1 unspecified atom stereocenters. The molecule has 1 amide bonds. The van der Waals surface area contributed by atoms with Crippen LogP contribution in [0.1, 0.15) is 6.92 Å². The second kappa shape index (κ2) is 8.56. The number of rotatable bonds is 6. The summed E-state index contributed by atoms with van der Waals surface area (Å²) in [6, 6.07) is 8.11. The smallest absolute Gasteiger partial charge is 0.248 e. The molecule has 2 aromatic carbocycles. The second-order valence-electron chi connectivity index (χ2n) is 5.64. The summed E-state index contributed by atoms with van der Waals surface area (Å²) in [5, 5.41) is 3.24. The number of sulfonamides is 1. The minimum Gasteiger partial charge on any atom is -0.495 e. The Labute approximate surface area is 173 Å². The van der Waals surface area contributed by atoms with Crippen LogP contribution >= 0.6 is 34.8 Å². The van der Waals surface area contributed by atoms with Gasteiger partial charge in [0.05, 0.1) is 39.8 Å². The van der Waals surface area contributed by atoms with Crippen molar-refractivity contribution in [2.45, 2.75) is 13.0 Å². The lowest BCUT2D eigenvalue weighted by atomic mass is 10.2. The molecule has 27 heavy (non-hydrogen) atoms. The van der Waals surface area contributed by atoms with Crippen LogP contribution in [0.25, 0.3) is 0 Å². The first-order valence-corrected chi connectivity index (χ1v) is 10.6. The molecule has 2 aromatic rings. The van der Waals surface area contributed by atoms with Gasteiger partial charge in [-0.15, -0.1) is 0 Å². The Morgan fingerprint density at radius 2 is 1.81 bits per heavy atom. The minimum atomic E-state index is -3.80. The number of nitrogens with zero attached hydrogens (tertiary/aromatic N) is 1. The molecule has 0 aromatic heterocycles. The van der Waals surface area contributed by atoms with Crippen molar-refractivity contribution in [3.63, 3.8) is 0 Å². The molecule has 0 aliphatic heterocycles. The lowest BCUT2D eigenvalue weighted by Gasteiger charge is -2.28. The summed E-state index contributed by atoms with van der Waals surface area (Å²) in [7, 11) is -2.35. The Hall–Kier alpha value is -1.67. The minimum absolute atomic E-state index is 0.165. The van der Waals surface area contributed by atoms with Crippen molar-refractivity contribution in [2.75, 3.05) is 23.0 Å². The molecular formula is C17H17Cl3N2O4S. The standard InChI is InChI=1S/C17H17Cl3N2O4S/c1-10(17(23)21-14-6-4-5-12(18)16(14)20)22(27(3,24)25)11-7-8-15(26-2)13(19)9-11/h4-10H,1-3H3,(H,21,23). The van der Waals surface area contributed by atoms with Gasteiger partial charge in [0, 0.05) is 0 Å². The largest absolute Gasteiger partial charge is 0.495 e. The van der Waals surface area contributed by atoms with E-state index >= 15 is 0 Å². The number of methoxy groups -OCH3 is 1. The number of hydrogen-bond donors (Lipinski definition) is 1. The van der Waals surface area contributed by atoms with E-state index in [1.807, 2.05) is 0 Å². The normalized spacial score (nSPS) is 12.4. The van der Waals surface area contributed by atoms with E-state index in [2.05, 4.69) is 5.32 Å². The Bertz CT molecular complexity index is 967. The van der Waals surface area contributed by atoms with Gasteiger partial charge >= 0.3 is 0 Å². The van der Waals surface area contributed by atoms with Crippen LogP contribution in [0.4, 0.5) is 11.4 Å². The fourth-order valence-corrected chi connectivity index (χ4v) is 4.21. The molecule has 146 valence electrons. The topological polar surface area (TPSA) is 75.7 Å². The summed E-state index contributed by atoms with van der Waals surface area (Å²) in [5.41, 5.74) is 0.505. The van der Waals surface area contributed by atoms with Crippen molar-refractivity contribution in [3.8, 4) is 5.75 Å². The highest BCUT2D eigenvalue weighted by Gasteiger charge is 2.30. The van der Waals surface area contributed by atoms with Crippen LogP contribution in [-0.4, -0.2) is 33.7 Å². The van der Waals surface area contributed by atoms with Gasteiger partial charge in [0.15, 0.2) is 0 Å². The predicted molar refractivity (Wildman–Crippen MR) is 110 cm³/mol. The molecule has 0 aliphatic carbocycles. The van der Waals surface area contributed by atoms with Crippen LogP contribution in [0.5, 0.6) is 5.75 Å². The van der Waals surface area contributed by atoms with Crippen molar-refractivity contribution in [1.29, 1.82) is 0 Å². The molecule has 6 nitrogen and oxygen atoms in total. The van der Waals surface area contributed by atoms with Gasteiger partial charge in [-0.3, -0.25) is 9.10 Å². The molecular weight excluding hydrogens is 435 g/mol. The van der Waals surface area contributed by atoms with Crippen molar-refractivity contribution in [3.05, 3.63) is 51.5 Å². The summed E-state index contributed by atoms with van der Waals surface area (Å²) >= 11 is 18.1. The molecule has 10 heteroatoms. The fraction of sp³-hybridized carbons (Fsp3) is 0.235. The lowest BCUT2D eigenvalue weighted by Crippen LogP contribution is -2.45. The lowest BCUT2D eigenvalue weighted by molar-refractivity contribution is -0.116. The van der Waals surface area contributed by atoms with Gasteiger partial charge in [-0.1, -0.05) is 40.9 Å². The number of nitrogens with one attached hydrogen (secondary N) is 1. The highest BCUT2D eigenvalue weighted by atomic mass is 35.5. The van der Waals surface area contributed by atoms with E-state index in [0.29, 0.717) is 5.75 Å². The maximum absolute atomic E-state index is 12.7. The van der Waals surface area contributed by atoms with Crippen LogP contribution in [0.2, 0.25) is 15.1 Å². The maximum atomic E-state index is 12.7. The molecule has 0 spiro atoms. The first-order valence-electron chi connectivity index (χ1n) is 7.64. The molecule has 2 rings (SSSR count). The van der Waals surface area contributed by atoms with Gasteiger partial charge in [-0.2, -0.15) is 0 Å². The van der Waals surface area contributed by atoms with E-state index in [1.165, 1.54) is 32.2 Å². The Kier molecular flexibility index (Phi) is 6.86. The van der Waals surface area contributed by atoms with Crippen molar-refractivity contribution in [2.24, 2.45) is 0 Å². The van der Waals surface area contributed by atoms with Gasteiger partial charge in [0.2, 0.25) is 15.9 Å². The highest BCUT2D eigenvalue weighted by Crippen LogP contribution is 2.32. The molecule has 0 saturated heterocycles. The third-order valence-electron chi connectivity index (χ3n) is 3.69. The summed E-state index contributed by atoms with van der Waals surface area (Å²) in [5.74, 6) is -0.201. The van der Waals surface area contributed by atoms with Crippen molar-refractivity contribution in [1.82, 2.24) is 0 Å². The average Bonchev–Trinajstić information content (AvgIpc) is 2.58. The first-order chi connectivity index (χ1) is 12.6. The first kappa shape index (κ1) is 21.6.